The lowest BCUT2D eigenvalue weighted by atomic mass is 10.6. The molecule has 0 spiro atoms. The molecule has 0 N–H and O–H groups in total. The van der Waals surface area contributed by atoms with E-state index < -0.39 is 0 Å². The molecule has 9 heavy (non-hydrogen) atoms. The maximum absolute atomic E-state index is 8.33. The van der Waals surface area contributed by atoms with Crippen molar-refractivity contribution in [3.05, 3.63) is 11.1 Å². The SMILES string of the molecule is CSc1nc(C#N)cs1. The smallest absolute Gasteiger partial charge is 0.152 e. The molecule has 0 aromatic carbocycles. The van der Waals surface area contributed by atoms with Gasteiger partial charge in [0.15, 0.2) is 10.0 Å². The molecule has 1 heterocycles. The standard InChI is InChI=1S/C5H4N2S2/c1-8-5-7-4(2-6)3-9-5/h3H,1H3. The highest BCUT2D eigenvalue weighted by Gasteiger charge is 1.96. The van der Waals surface area contributed by atoms with Gasteiger partial charge in [0.1, 0.15) is 6.07 Å². The fraction of sp³-hybridized carbons (Fsp3) is 0.200. The lowest BCUT2D eigenvalue weighted by Crippen LogP contribution is -1.69. The molecule has 0 bridgehead atoms. The zero-order valence-electron chi connectivity index (χ0n) is 4.79. The van der Waals surface area contributed by atoms with Crippen LogP contribution in [-0.4, -0.2) is 11.2 Å². The second-order valence-electron chi connectivity index (χ2n) is 1.31. The van der Waals surface area contributed by atoms with Crippen LogP contribution in [0.2, 0.25) is 0 Å². The summed E-state index contributed by atoms with van der Waals surface area (Å²) in [6, 6.07) is 1.97. The Morgan fingerprint density at radius 3 is 3.00 bits per heavy atom. The lowest BCUT2D eigenvalue weighted by molar-refractivity contribution is 1.21. The van der Waals surface area contributed by atoms with Crippen LogP contribution in [0.25, 0.3) is 0 Å². The van der Waals surface area contributed by atoms with E-state index in [1.165, 1.54) is 11.3 Å². The molecule has 0 radical (unpaired) electrons. The molecule has 0 aliphatic carbocycles. The summed E-state index contributed by atoms with van der Waals surface area (Å²) in [7, 11) is 0. The summed E-state index contributed by atoms with van der Waals surface area (Å²) in [5.74, 6) is 0. The fourth-order valence-electron chi connectivity index (χ4n) is 0.402. The van der Waals surface area contributed by atoms with Crippen molar-refractivity contribution in [2.24, 2.45) is 0 Å². The Bertz CT molecular complexity index is 235. The molecular formula is C5H4N2S2. The Kier molecular flexibility index (Phi) is 2.09. The number of hydrogen-bond donors (Lipinski definition) is 0. The van der Waals surface area contributed by atoms with Crippen molar-refractivity contribution in [1.29, 1.82) is 5.26 Å². The molecule has 1 rings (SSSR count). The van der Waals surface area contributed by atoms with E-state index in [1.807, 2.05) is 12.3 Å². The van der Waals surface area contributed by atoms with Gasteiger partial charge in [0.25, 0.3) is 0 Å². The first-order chi connectivity index (χ1) is 4.36. The van der Waals surface area contributed by atoms with Crippen LogP contribution >= 0.6 is 23.1 Å². The predicted octanol–water partition coefficient (Wildman–Crippen LogP) is 1.74. The van der Waals surface area contributed by atoms with Crippen LogP contribution in [0.4, 0.5) is 0 Å². The number of thioether (sulfide) groups is 1. The Balaban J connectivity index is 2.90. The number of thiazole rings is 1. The molecule has 0 fully saturated rings. The Labute approximate surface area is 61.5 Å². The highest BCUT2D eigenvalue weighted by atomic mass is 32.2. The van der Waals surface area contributed by atoms with Gasteiger partial charge in [0.2, 0.25) is 0 Å². The number of aromatic nitrogens is 1. The van der Waals surface area contributed by atoms with Crippen LogP contribution in [0.5, 0.6) is 0 Å². The maximum Gasteiger partial charge on any atom is 0.152 e. The fourth-order valence-corrected chi connectivity index (χ4v) is 1.59. The average Bonchev–Trinajstić information content (AvgIpc) is 2.34. The van der Waals surface area contributed by atoms with Crippen molar-refractivity contribution < 1.29 is 0 Å². The van der Waals surface area contributed by atoms with Crippen LogP contribution in [0, 0.1) is 11.3 Å². The quantitative estimate of drug-likeness (QED) is 0.581. The van der Waals surface area contributed by atoms with Gasteiger partial charge in [0.05, 0.1) is 0 Å². The topological polar surface area (TPSA) is 36.7 Å². The minimum atomic E-state index is 0.518. The van der Waals surface area contributed by atoms with Gasteiger partial charge >= 0.3 is 0 Å². The van der Waals surface area contributed by atoms with Crippen molar-refractivity contribution >= 4 is 23.1 Å². The summed E-state index contributed by atoms with van der Waals surface area (Å²) < 4.78 is 0.951. The third kappa shape index (κ3) is 1.44. The first kappa shape index (κ1) is 6.59. The highest BCUT2D eigenvalue weighted by Crippen LogP contribution is 2.18. The Morgan fingerprint density at radius 1 is 1.89 bits per heavy atom. The van der Waals surface area contributed by atoms with Crippen molar-refractivity contribution in [2.75, 3.05) is 6.26 Å². The maximum atomic E-state index is 8.33. The lowest BCUT2D eigenvalue weighted by Gasteiger charge is -1.78. The van der Waals surface area contributed by atoms with Crippen LogP contribution in [0.15, 0.2) is 9.72 Å². The number of rotatable bonds is 1. The van der Waals surface area contributed by atoms with E-state index in [0.29, 0.717) is 5.69 Å². The van der Waals surface area contributed by atoms with Gasteiger partial charge in [-0.3, -0.25) is 0 Å². The van der Waals surface area contributed by atoms with Crippen molar-refractivity contribution in [2.45, 2.75) is 4.34 Å². The summed E-state index contributed by atoms with van der Waals surface area (Å²) in [5, 5.41) is 10.1. The molecule has 4 heteroatoms. The zero-order valence-corrected chi connectivity index (χ0v) is 6.42. The van der Waals surface area contributed by atoms with Gasteiger partial charge in [-0.05, 0) is 6.26 Å². The first-order valence-corrected chi connectivity index (χ1v) is 4.37. The number of nitriles is 1. The molecule has 0 amide bonds. The van der Waals surface area contributed by atoms with Gasteiger partial charge in [-0.2, -0.15) is 5.26 Å². The van der Waals surface area contributed by atoms with Gasteiger partial charge in [-0.15, -0.1) is 11.3 Å². The third-order valence-electron chi connectivity index (χ3n) is 0.772. The van der Waals surface area contributed by atoms with Crippen molar-refractivity contribution in [1.82, 2.24) is 4.98 Å². The van der Waals surface area contributed by atoms with Crippen LogP contribution in [0.3, 0.4) is 0 Å². The second-order valence-corrected chi connectivity index (χ2v) is 3.23. The van der Waals surface area contributed by atoms with Gasteiger partial charge in [-0.1, -0.05) is 11.8 Å². The largest absolute Gasteiger partial charge is 0.219 e. The van der Waals surface area contributed by atoms with E-state index in [-0.39, 0.29) is 0 Å². The third-order valence-corrected chi connectivity index (χ3v) is 2.64. The van der Waals surface area contributed by atoms with Crippen molar-refractivity contribution in [3.8, 4) is 6.07 Å². The summed E-state index contributed by atoms with van der Waals surface area (Å²) >= 11 is 3.06. The monoisotopic (exact) mass is 156 g/mol. The molecule has 0 atom stereocenters. The van der Waals surface area contributed by atoms with Crippen LogP contribution in [-0.2, 0) is 0 Å². The summed E-state index contributed by atoms with van der Waals surface area (Å²) in [5.41, 5.74) is 0.518. The minimum Gasteiger partial charge on any atom is -0.219 e. The van der Waals surface area contributed by atoms with Crippen LogP contribution in [0.1, 0.15) is 5.69 Å². The van der Waals surface area contributed by atoms with Gasteiger partial charge < -0.3 is 0 Å². The number of hydrogen-bond acceptors (Lipinski definition) is 4. The van der Waals surface area contributed by atoms with E-state index in [4.69, 9.17) is 5.26 Å². The van der Waals surface area contributed by atoms with E-state index >= 15 is 0 Å². The molecule has 0 saturated heterocycles. The summed E-state index contributed by atoms with van der Waals surface area (Å²) in [6.45, 7) is 0. The average molecular weight is 156 g/mol. The van der Waals surface area contributed by atoms with E-state index in [2.05, 4.69) is 4.98 Å². The minimum absolute atomic E-state index is 0.518. The Hall–Kier alpha value is -0.530. The van der Waals surface area contributed by atoms with Crippen molar-refractivity contribution in [3.63, 3.8) is 0 Å². The van der Waals surface area contributed by atoms with Crippen LogP contribution < -0.4 is 0 Å². The predicted molar refractivity (Wildman–Crippen MR) is 38.6 cm³/mol. The highest BCUT2D eigenvalue weighted by molar-refractivity contribution is 8.00. The van der Waals surface area contributed by atoms with E-state index in [1.54, 1.807) is 17.1 Å². The molecule has 0 unspecified atom stereocenters. The van der Waals surface area contributed by atoms with E-state index in [0.717, 1.165) is 4.34 Å². The van der Waals surface area contributed by atoms with Gasteiger partial charge in [0, 0.05) is 5.38 Å². The molecular weight excluding hydrogens is 152 g/mol. The second kappa shape index (κ2) is 2.85. The summed E-state index contributed by atoms with van der Waals surface area (Å²) in [6.07, 6.45) is 1.94. The molecule has 0 saturated carbocycles. The molecule has 46 valence electrons. The normalized spacial score (nSPS) is 8.89. The van der Waals surface area contributed by atoms with E-state index in [9.17, 15) is 0 Å². The molecule has 1 aromatic rings. The number of nitrogens with zero attached hydrogens (tertiary/aromatic N) is 2. The zero-order chi connectivity index (χ0) is 6.69. The summed E-state index contributed by atoms with van der Waals surface area (Å²) in [4.78, 5) is 3.97. The molecule has 2 nitrogen and oxygen atoms in total. The molecule has 0 aliphatic heterocycles. The first-order valence-electron chi connectivity index (χ1n) is 2.26. The van der Waals surface area contributed by atoms with Gasteiger partial charge in [-0.25, -0.2) is 4.98 Å². The Morgan fingerprint density at radius 2 is 2.67 bits per heavy atom. The molecule has 0 aliphatic rings. The molecule has 1 aromatic heterocycles.